The lowest BCUT2D eigenvalue weighted by molar-refractivity contribution is -0.178. The Balaban J connectivity index is 1.57. The van der Waals surface area contributed by atoms with E-state index in [4.69, 9.17) is 23.7 Å². The van der Waals surface area contributed by atoms with Gasteiger partial charge in [-0.2, -0.15) is 0 Å². The molecule has 160 valence electrons. The molecule has 2 aliphatic rings. The van der Waals surface area contributed by atoms with Crippen LogP contribution in [0.15, 0.2) is 84.9 Å². The van der Waals surface area contributed by atoms with E-state index >= 15 is 0 Å². The van der Waals surface area contributed by atoms with E-state index in [1.807, 2.05) is 48.5 Å². The minimum atomic E-state index is -0.812. The maximum absolute atomic E-state index is 6.83. The summed E-state index contributed by atoms with van der Waals surface area (Å²) in [5, 5.41) is 0. The zero-order valence-electron chi connectivity index (χ0n) is 17.6. The molecule has 0 saturated carbocycles. The second-order valence-electron chi connectivity index (χ2n) is 7.80. The fourth-order valence-electron chi connectivity index (χ4n) is 4.43. The van der Waals surface area contributed by atoms with E-state index in [-0.39, 0.29) is 24.6 Å². The van der Waals surface area contributed by atoms with Gasteiger partial charge in [0.05, 0.1) is 13.7 Å². The number of benzene rings is 3. The van der Waals surface area contributed by atoms with Crippen LogP contribution in [-0.4, -0.2) is 45.4 Å². The number of rotatable bonds is 8. The van der Waals surface area contributed by atoms with Gasteiger partial charge in [-0.25, -0.2) is 0 Å². The average Bonchev–Trinajstić information content (AvgIpc) is 3.56. The van der Waals surface area contributed by atoms with Gasteiger partial charge in [0.15, 0.2) is 6.29 Å². The number of epoxide rings is 1. The summed E-state index contributed by atoms with van der Waals surface area (Å²) < 4.78 is 29.4. The van der Waals surface area contributed by atoms with E-state index in [1.54, 1.807) is 14.2 Å². The van der Waals surface area contributed by atoms with Crippen LogP contribution in [0.5, 0.6) is 5.75 Å². The molecule has 5 nitrogen and oxygen atoms in total. The molecule has 2 aliphatic heterocycles. The van der Waals surface area contributed by atoms with Crippen LogP contribution in [0.3, 0.4) is 0 Å². The highest BCUT2D eigenvalue weighted by atomic mass is 16.8. The number of hydrogen-bond acceptors (Lipinski definition) is 5. The second-order valence-corrected chi connectivity index (χ2v) is 7.80. The highest BCUT2D eigenvalue weighted by Crippen LogP contribution is 2.44. The zero-order valence-corrected chi connectivity index (χ0v) is 17.6. The van der Waals surface area contributed by atoms with Crippen LogP contribution in [0.4, 0.5) is 0 Å². The molecule has 3 aromatic rings. The zero-order chi connectivity index (χ0) is 21.3. The van der Waals surface area contributed by atoms with Gasteiger partial charge < -0.3 is 23.7 Å². The first-order valence-electron chi connectivity index (χ1n) is 10.5. The van der Waals surface area contributed by atoms with Gasteiger partial charge in [0.2, 0.25) is 0 Å². The third-order valence-electron chi connectivity index (χ3n) is 6.06. The van der Waals surface area contributed by atoms with Crippen LogP contribution >= 0.6 is 0 Å². The van der Waals surface area contributed by atoms with Crippen LogP contribution in [0.1, 0.15) is 16.7 Å². The van der Waals surface area contributed by atoms with Crippen molar-refractivity contribution >= 4 is 0 Å². The van der Waals surface area contributed by atoms with Gasteiger partial charge in [-0.05, 0) is 28.8 Å². The van der Waals surface area contributed by atoms with Crippen LogP contribution in [0.2, 0.25) is 0 Å². The van der Waals surface area contributed by atoms with Crippen LogP contribution in [0, 0.1) is 0 Å². The molecule has 0 spiro atoms. The lowest BCUT2D eigenvalue weighted by Gasteiger charge is -2.37. The van der Waals surface area contributed by atoms with Crippen LogP contribution in [-0.2, 0) is 24.5 Å². The lowest BCUT2D eigenvalue weighted by Crippen LogP contribution is -2.37. The van der Waals surface area contributed by atoms with Gasteiger partial charge in [0.25, 0.3) is 0 Å². The molecule has 5 rings (SSSR count). The summed E-state index contributed by atoms with van der Waals surface area (Å²) in [4.78, 5) is 0. The smallest absolute Gasteiger partial charge is 0.186 e. The molecule has 31 heavy (non-hydrogen) atoms. The molecule has 0 N–H and O–H groups in total. The number of fused-ring (bicyclic) bond motifs is 1. The van der Waals surface area contributed by atoms with Crippen molar-refractivity contribution in [2.24, 2.45) is 0 Å². The van der Waals surface area contributed by atoms with Gasteiger partial charge in [0.1, 0.15) is 29.7 Å². The molecule has 0 radical (unpaired) electrons. The number of ether oxygens (including phenoxy) is 5. The summed E-state index contributed by atoms with van der Waals surface area (Å²) in [5.74, 6) is 0.801. The van der Waals surface area contributed by atoms with Crippen molar-refractivity contribution in [1.29, 1.82) is 0 Å². The number of hydrogen-bond donors (Lipinski definition) is 0. The van der Waals surface area contributed by atoms with E-state index in [9.17, 15) is 0 Å². The maximum Gasteiger partial charge on any atom is 0.186 e. The van der Waals surface area contributed by atoms with Gasteiger partial charge in [-0.1, -0.05) is 72.8 Å². The lowest BCUT2D eigenvalue weighted by atomic mass is 9.80. The monoisotopic (exact) mass is 418 g/mol. The molecule has 3 aromatic carbocycles. The van der Waals surface area contributed by atoms with Gasteiger partial charge in [-0.15, -0.1) is 0 Å². The van der Waals surface area contributed by atoms with E-state index in [2.05, 4.69) is 36.4 Å². The van der Waals surface area contributed by atoms with Crippen molar-refractivity contribution in [3.05, 3.63) is 102 Å². The molecule has 0 unspecified atom stereocenters. The van der Waals surface area contributed by atoms with Gasteiger partial charge >= 0.3 is 0 Å². The molecular formula is C26H26O5. The quantitative estimate of drug-likeness (QED) is 0.406. The Labute approximate surface area is 182 Å². The summed E-state index contributed by atoms with van der Waals surface area (Å²) in [6.07, 6.45) is -0.491. The normalized spacial score (nSPS) is 24.6. The number of methoxy groups -OCH3 is 2. The molecule has 2 fully saturated rings. The summed E-state index contributed by atoms with van der Waals surface area (Å²) >= 11 is 0. The minimum absolute atomic E-state index is 0.00226. The first-order valence-corrected chi connectivity index (χ1v) is 10.5. The Kier molecular flexibility index (Phi) is 5.50. The summed E-state index contributed by atoms with van der Waals surface area (Å²) in [7, 11) is 3.31. The van der Waals surface area contributed by atoms with E-state index in [0.29, 0.717) is 6.61 Å². The summed E-state index contributed by atoms with van der Waals surface area (Å²) in [5.41, 5.74) is 2.29. The molecule has 2 saturated heterocycles. The second kappa shape index (κ2) is 8.44. The van der Waals surface area contributed by atoms with Crippen molar-refractivity contribution in [3.8, 4) is 5.75 Å². The van der Waals surface area contributed by atoms with E-state index in [1.165, 1.54) is 0 Å². The van der Waals surface area contributed by atoms with Crippen LogP contribution in [0.25, 0.3) is 0 Å². The molecule has 2 heterocycles. The van der Waals surface area contributed by atoms with Gasteiger partial charge in [-0.3, -0.25) is 0 Å². The Morgan fingerprint density at radius 1 is 0.710 bits per heavy atom. The minimum Gasteiger partial charge on any atom is -0.497 e. The Bertz CT molecular complexity index is 950. The average molecular weight is 418 g/mol. The Morgan fingerprint density at radius 2 is 1.29 bits per heavy atom. The predicted octanol–water partition coefficient (Wildman–Crippen LogP) is 4.14. The molecule has 4 atom stereocenters. The molecule has 5 heteroatoms. The van der Waals surface area contributed by atoms with Crippen LogP contribution < -0.4 is 4.74 Å². The highest BCUT2D eigenvalue weighted by Gasteiger charge is 2.59. The van der Waals surface area contributed by atoms with Crippen molar-refractivity contribution < 1.29 is 23.7 Å². The Morgan fingerprint density at radius 3 is 1.81 bits per heavy atom. The molecule has 0 bridgehead atoms. The van der Waals surface area contributed by atoms with Crippen molar-refractivity contribution in [3.63, 3.8) is 0 Å². The van der Waals surface area contributed by atoms with Crippen molar-refractivity contribution in [2.75, 3.05) is 20.8 Å². The molecule has 0 amide bonds. The topological polar surface area (TPSA) is 49.5 Å². The fourth-order valence-corrected chi connectivity index (χ4v) is 4.43. The predicted molar refractivity (Wildman–Crippen MR) is 116 cm³/mol. The SMILES string of the molecule is COc1ccc(C(OC[C@H]2O[C@@H](OC)[C@H]3O[C@H]32)(c2ccccc2)c2ccccc2)cc1. The Hall–Kier alpha value is -2.70. The first-order chi connectivity index (χ1) is 15.3. The van der Waals surface area contributed by atoms with E-state index < -0.39 is 5.60 Å². The van der Waals surface area contributed by atoms with Gasteiger partial charge in [0, 0.05) is 7.11 Å². The largest absolute Gasteiger partial charge is 0.497 e. The molecule has 0 aromatic heterocycles. The third-order valence-corrected chi connectivity index (χ3v) is 6.06. The third kappa shape index (κ3) is 3.64. The maximum atomic E-state index is 6.83. The van der Waals surface area contributed by atoms with Crippen molar-refractivity contribution in [1.82, 2.24) is 0 Å². The molecule has 0 aliphatic carbocycles. The van der Waals surface area contributed by atoms with Crippen molar-refractivity contribution in [2.45, 2.75) is 30.2 Å². The molecular weight excluding hydrogens is 392 g/mol. The van der Waals surface area contributed by atoms with E-state index in [0.717, 1.165) is 22.4 Å². The fraction of sp³-hybridized carbons (Fsp3) is 0.308. The summed E-state index contributed by atoms with van der Waals surface area (Å²) in [6, 6.07) is 28.6. The summed E-state index contributed by atoms with van der Waals surface area (Å²) in [6.45, 7) is 0.372. The standard InChI is InChI=1S/C26H26O5/c1-27-21-15-13-20(14-16-21)26(18-9-5-3-6-10-18,19-11-7-4-8-12-19)29-17-22-23-24(31-23)25(28-2)30-22/h3-16,22-25H,17H2,1-2H3/t22-,23+,24+,25-/m1/s1. The highest BCUT2D eigenvalue weighted by molar-refractivity contribution is 5.48. The first kappa shape index (κ1) is 20.2.